The van der Waals surface area contributed by atoms with Gasteiger partial charge in [-0.2, -0.15) is 0 Å². The van der Waals surface area contributed by atoms with E-state index in [1.54, 1.807) is 0 Å². The summed E-state index contributed by atoms with van der Waals surface area (Å²) in [7, 11) is 0. The number of alkyl halides is 3. The van der Waals surface area contributed by atoms with Gasteiger partial charge >= 0.3 is 12.3 Å². The third-order valence-electron chi connectivity index (χ3n) is 1.74. The van der Waals surface area contributed by atoms with Crippen molar-refractivity contribution in [3.05, 3.63) is 28.8 Å². The standard InChI is InChI=1S/C10H9ClF3NO3/c11-7-3-6(4-8(15)5-7)9(16)17-1-2-18-10(12,13)14/h3-5H,1-2,15H2. The van der Waals surface area contributed by atoms with Crippen molar-refractivity contribution in [2.75, 3.05) is 18.9 Å². The van der Waals surface area contributed by atoms with Crippen molar-refractivity contribution in [3.8, 4) is 0 Å². The van der Waals surface area contributed by atoms with Gasteiger partial charge in [0.2, 0.25) is 0 Å². The lowest BCUT2D eigenvalue weighted by atomic mass is 10.2. The van der Waals surface area contributed by atoms with Gasteiger partial charge in [-0.3, -0.25) is 4.74 Å². The number of nitrogen functional groups attached to an aromatic ring is 1. The van der Waals surface area contributed by atoms with E-state index in [9.17, 15) is 18.0 Å². The molecule has 0 spiro atoms. The molecule has 0 fully saturated rings. The van der Waals surface area contributed by atoms with Gasteiger partial charge in [-0.1, -0.05) is 11.6 Å². The summed E-state index contributed by atoms with van der Waals surface area (Å²) < 4.78 is 42.8. The molecule has 0 heterocycles. The number of esters is 1. The Kier molecular flexibility index (Phi) is 4.80. The molecule has 1 aromatic carbocycles. The van der Waals surface area contributed by atoms with Crippen LogP contribution in [0.1, 0.15) is 10.4 Å². The van der Waals surface area contributed by atoms with E-state index in [0.29, 0.717) is 0 Å². The number of carbonyl (C=O) groups is 1. The first-order valence-corrected chi connectivity index (χ1v) is 5.09. The van der Waals surface area contributed by atoms with Gasteiger partial charge in [0.15, 0.2) is 0 Å². The van der Waals surface area contributed by atoms with Crippen LogP contribution in [0.3, 0.4) is 0 Å². The van der Waals surface area contributed by atoms with Crippen LogP contribution in [0.5, 0.6) is 0 Å². The second-order valence-electron chi connectivity index (χ2n) is 3.20. The minimum atomic E-state index is -4.74. The van der Waals surface area contributed by atoms with Crippen LogP contribution in [-0.4, -0.2) is 25.5 Å². The fourth-order valence-electron chi connectivity index (χ4n) is 1.11. The zero-order valence-electron chi connectivity index (χ0n) is 8.96. The van der Waals surface area contributed by atoms with Gasteiger partial charge in [-0.05, 0) is 18.2 Å². The monoisotopic (exact) mass is 283 g/mol. The molecule has 18 heavy (non-hydrogen) atoms. The van der Waals surface area contributed by atoms with Gasteiger partial charge in [0, 0.05) is 10.7 Å². The van der Waals surface area contributed by atoms with Gasteiger partial charge in [0.25, 0.3) is 0 Å². The SMILES string of the molecule is Nc1cc(Cl)cc(C(=O)OCCOC(F)(F)F)c1. The van der Waals surface area contributed by atoms with E-state index in [1.165, 1.54) is 18.2 Å². The highest BCUT2D eigenvalue weighted by Gasteiger charge is 2.28. The minimum absolute atomic E-state index is 0.0620. The van der Waals surface area contributed by atoms with Crippen molar-refractivity contribution in [3.63, 3.8) is 0 Å². The second-order valence-corrected chi connectivity index (χ2v) is 3.64. The fourth-order valence-corrected chi connectivity index (χ4v) is 1.35. The summed E-state index contributed by atoms with van der Waals surface area (Å²) in [6, 6.07) is 4.02. The number of carbonyl (C=O) groups excluding carboxylic acids is 1. The molecular formula is C10H9ClF3NO3. The molecule has 0 aliphatic rings. The smallest absolute Gasteiger partial charge is 0.460 e. The van der Waals surface area contributed by atoms with Crippen molar-refractivity contribution in [2.24, 2.45) is 0 Å². The summed E-state index contributed by atoms with van der Waals surface area (Å²) in [6.45, 7) is -1.30. The van der Waals surface area contributed by atoms with Crippen molar-refractivity contribution in [1.82, 2.24) is 0 Å². The highest BCUT2D eigenvalue weighted by atomic mass is 35.5. The van der Waals surface area contributed by atoms with E-state index in [2.05, 4.69) is 9.47 Å². The summed E-state index contributed by atoms with van der Waals surface area (Å²) in [5.41, 5.74) is 5.76. The predicted octanol–water partition coefficient (Wildman–Crippen LogP) is 2.62. The van der Waals surface area contributed by atoms with Crippen molar-refractivity contribution >= 4 is 23.3 Å². The molecule has 0 saturated heterocycles. The summed E-state index contributed by atoms with van der Waals surface area (Å²) in [4.78, 5) is 11.4. The van der Waals surface area contributed by atoms with E-state index in [-0.39, 0.29) is 16.3 Å². The van der Waals surface area contributed by atoms with Gasteiger partial charge in [-0.25, -0.2) is 4.79 Å². The van der Waals surface area contributed by atoms with Crippen molar-refractivity contribution in [1.29, 1.82) is 0 Å². The van der Waals surface area contributed by atoms with Crippen LogP contribution < -0.4 is 5.73 Å². The molecule has 0 unspecified atom stereocenters. The second kappa shape index (κ2) is 5.92. The number of hydrogen-bond acceptors (Lipinski definition) is 4. The summed E-state index contributed by atoms with van der Waals surface area (Å²) in [5.74, 6) is -0.824. The minimum Gasteiger partial charge on any atom is -0.460 e. The van der Waals surface area contributed by atoms with Gasteiger partial charge in [-0.15, -0.1) is 13.2 Å². The molecule has 0 aromatic heterocycles. The average Bonchev–Trinajstić information content (AvgIpc) is 2.21. The molecule has 4 nitrogen and oxygen atoms in total. The van der Waals surface area contributed by atoms with Crippen molar-refractivity contribution < 1.29 is 27.4 Å². The Morgan fingerprint density at radius 1 is 1.28 bits per heavy atom. The molecule has 2 N–H and O–H groups in total. The molecule has 0 bridgehead atoms. The van der Waals surface area contributed by atoms with Crippen LogP contribution in [0.4, 0.5) is 18.9 Å². The van der Waals surface area contributed by atoms with E-state index < -0.39 is 25.5 Å². The Morgan fingerprint density at radius 2 is 1.94 bits per heavy atom. The molecular weight excluding hydrogens is 275 g/mol. The Balaban J connectivity index is 2.46. The predicted molar refractivity (Wildman–Crippen MR) is 58.2 cm³/mol. The van der Waals surface area contributed by atoms with E-state index in [0.717, 1.165) is 0 Å². The van der Waals surface area contributed by atoms with E-state index >= 15 is 0 Å². The van der Waals surface area contributed by atoms with Gasteiger partial charge < -0.3 is 10.5 Å². The quantitative estimate of drug-likeness (QED) is 0.524. The fraction of sp³-hybridized carbons (Fsp3) is 0.300. The first-order chi connectivity index (χ1) is 8.28. The molecule has 8 heteroatoms. The van der Waals surface area contributed by atoms with Crippen LogP contribution in [0, 0.1) is 0 Å². The molecule has 100 valence electrons. The molecule has 1 rings (SSSR count). The number of nitrogens with two attached hydrogens (primary N) is 1. The molecule has 0 radical (unpaired) electrons. The molecule has 0 aliphatic carbocycles. The highest BCUT2D eigenvalue weighted by Crippen LogP contribution is 2.18. The lowest BCUT2D eigenvalue weighted by molar-refractivity contribution is -0.326. The number of ether oxygens (including phenoxy) is 2. The Morgan fingerprint density at radius 3 is 2.50 bits per heavy atom. The molecule has 0 atom stereocenters. The lowest BCUT2D eigenvalue weighted by Crippen LogP contribution is -2.18. The number of halogens is 4. The van der Waals surface area contributed by atoms with Gasteiger partial charge in [0.1, 0.15) is 6.61 Å². The molecule has 0 aliphatic heterocycles. The summed E-state index contributed by atoms with van der Waals surface area (Å²) >= 11 is 5.65. The molecule has 1 aromatic rings. The largest absolute Gasteiger partial charge is 0.522 e. The molecule has 0 saturated carbocycles. The summed E-state index contributed by atoms with van der Waals surface area (Å²) in [5, 5.41) is 0.230. The van der Waals surface area contributed by atoms with Crippen LogP contribution in [0.15, 0.2) is 18.2 Å². The number of benzene rings is 1. The highest BCUT2D eigenvalue weighted by molar-refractivity contribution is 6.31. The normalized spacial score (nSPS) is 11.3. The first-order valence-electron chi connectivity index (χ1n) is 4.72. The number of rotatable bonds is 4. The number of hydrogen-bond donors (Lipinski definition) is 1. The lowest BCUT2D eigenvalue weighted by Gasteiger charge is -2.08. The zero-order chi connectivity index (χ0) is 13.8. The van der Waals surface area contributed by atoms with Crippen LogP contribution in [0.2, 0.25) is 5.02 Å². The van der Waals surface area contributed by atoms with E-state index in [1.807, 2.05) is 0 Å². The maximum absolute atomic E-state index is 11.6. The Hall–Kier alpha value is -1.47. The Labute approximate surface area is 105 Å². The average molecular weight is 284 g/mol. The van der Waals surface area contributed by atoms with Gasteiger partial charge in [0.05, 0.1) is 12.2 Å². The third kappa shape index (κ3) is 5.24. The first kappa shape index (κ1) is 14.6. The summed E-state index contributed by atoms with van der Waals surface area (Å²) in [6.07, 6.45) is -4.74. The third-order valence-corrected chi connectivity index (χ3v) is 1.96. The van der Waals surface area contributed by atoms with Crippen LogP contribution in [0.25, 0.3) is 0 Å². The maximum atomic E-state index is 11.6. The Bertz CT molecular complexity index is 417. The number of anilines is 1. The zero-order valence-corrected chi connectivity index (χ0v) is 9.72. The molecule has 0 amide bonds. The van der Waals surface area contributed by atoms with E-state index in [4.69, 9.17) is 17.3 Å². The van der Waals surface area contributed by atoms with Crippen LogP contribution >= 0.6 is 11.6 Å². The maximum Gasteiger partial charge on any atom is 0.522 e. The van der Waals surface area contributed by atoms with Crippen molar-refractivity contribution in [2.45, 2.75) is 6.36 Å². The topological polar surface area (TPSA) is 61.6 Å². The van der Waals surface area contributed by atoms with Crippen LogP contribution in [-0.2, 0) is 9.47 Å².